The van der Waals surface area contributed by atoms with E-state index in [4.69, 9.17) is 4.74 Å². The summed E-state index contributed by atoms with van der Waals surface area (Å²) in [6.07, 6.45) is 8.50. The van der Waals surface area contributed by atoms with Crippen molar-refractivity contribution in [2.75, 3.05) is 6.61 Å². The van der Waals surface area contributed by atoms with E-state index in [9.17, 15) is 9.65 Å². The zero-order chi connectivity index (χ0) is 16.3. The molecule has 0 aromatic heterocycles. The molecule has 5 aliphatic carbocycles. The van der Waals surface area contributed by atoms with Crippen molar-refractivity contribution in [2.24, 2.45) is 29.1 Å². The maximum atomic E-state index is 13.7. The van der Waals surface area contributed by atoms with Gasteiger partial charge in [0.05, 0.1) is 11.5 Å². The molecule has 3 heteroatoms. The Morgan fingerprint density at radius 3 is 2.33 bits per heavy atom. The molecule has 0 N–H and O–H groups in total. The van der Waals surface area contributed by atoms with Crippen molar-refractivity contribution in [3.8, 4) is 11.8 Å². The van der Waals surface area contributed by atoms with Gasteiger partial charge in [0.2, 0.25) is 0 Å². The number of hydrogen-bond donors (Lipinski definition) is 0. The topological polar surface area (TPSA) is 33.0 Å². The molecule has 0 spiro atoms. The van der Waals surface area contributed by atoms with Crippen LogP contribution in [0, 0.1) is 46.2 Å². The lowest BCUT2D eigenvalue weighted by Crippen LogP contribution is -2.54. The van der Waals surface area contributed by atoms with E-state index in [1.807, 2.05) is 6.07 Å². The molecule has 0 heterocycles. The monoisotopic (exact) mass is 325 g/mol. The van der Waals surface area contributed by atoms with Gasteiger partial charge in [-0.05, 0) is 86.2 Å². The lowest BCUT2D eigenvalue weighted by atomic mass is 9.46. The summed E-state index contributed by atoms with van der Waals surface area (Å²) in [6.45, 7) is 0.446. The van der Waals surface area contributed by atoms with Crippen molar-refractivity contribution in [1.29, 1.82) is 5.26 Å². The van der Waals surface area contributed by atoms with Crippen LogP contribution in [-0.2, 0) is 0 Å². The minimum atomic E-state index is -0.347. The molecule has 0 amide bonds. The summed E-state index contributed by atoms with van der Waals surface area (Å²) in [4.78, 5) is 0. The molecule has 24 heavy (non-hydrogen) atoms. The second-order valence-electron chi connectivity index (χ2n) is 8.70. The molecule has 2 nitrogen and oxygen atoms in total. The molecule has 4 bridgehead atoms. The quantitative estimate of drug-likeness (QED) is 0.776. The van der Waals surface area contributed by atoms with Gasteiger partial charge in [-0.25, -0.2) is 4.39 Å². The van der Waals surface area contributed by atoms with Gasteiger partial charge in [-0.2, -0.15) is 5.26 Å². The third-order valence-electron chi connectivity index (χ3n) is 7.26. The Bertz CT molecular complexity index is 674. The fraction of sp³-hybridized carbons (Fsp3) is 0.667. The van der Waals surface area contributed by atoms with Gasteiger partial charge in [0, 0.05) is 6.07 Å². The first kappa shape index (κ1) is 14.8. The summed E-state index contributed by atoms with van der Waals surface area (Å²) in [5.41, 5.74) is 0.786. The highest BCUT2D eigenvalue weighted by atomic mass is 19.1. The molecule has 5 saturated carbocycles. The number of halogens is 1. The Morgan fingerprint density at radius 2 is 1.75 bits per heavy atom. The van der Waals surface area contributed by atoms with E-state index in [-0.39, 0.29) is 11.2 Å². The minimum absolute atomic E-state index is 0.245. The second kappa shape index (κ2) is 5.22. The number of rotatable bonds is 4. The zero-order valence-corrected chi connectivity index (χ0v) is 14.0. The van der Waals surface area contributed by atoms with E-state index in [0.717, 1.165) is 17.4 Å². The van der Waals surface area contributed by atoms with Gasteiger partial charge in [-0.1, -0.05) is 6.07 Å². The molecule has 1 aromatic rings. The zero-order valence-electron chi connectivity index (χ0n) is 14.0. The van der Waals surface area contributed by atoms with Crippen molar-refractivity contribution in [3.05, 3.63) is 29.6 Å². The highest BCUT2D eigenvalue weighted by Gasteiger charge is 2.58. The summed E-state index contributed by atoms with van der Waals surface area (Å²) >= 11 is 0. The fourth-order valence-electron chi connectivity index (χ4n) is 6.04. The van der Waals surface area contributed by atoms with Crippen LogP contribution in [0.4, 0.5) is 4.39 Å². The molecule has 5 fully saturated rings. The van der Waals surface area contributed by atoms with Gasteiger partial charge < -0.3 is 4.74 Å². The van der Waals surface area contributed by atoms with Crippen LogP contribution in [-0.4, -0.2) is 6.61 Å². The van der Waals surface area contributed by atoms with Crippen LogP contribution in [0.15, 0.2) is 18.2 Å². The maximum Gasteiger partial charge on any atom is 0.126 e. The Balaban J connectivity index is 1.41. The minimum Gasteiger partial charge on any atom is -0.491 e. The highest BCUT2D eigenvalue weighted by Crippen LogP contribution is 2.62. The van der Waals surface area contributed by atoms with Crippen LogP contribution in [0.3, 0.4) is 0 Å². The van der Waals surface area contributed by atoms with Crippen molar-refractivity contribution in [2.45, 2.75) is 50.9 Å². The molecule has 1 aromatic carbocycles. The molecular formula is C21H24FNO. The summed E-state index contributed by atoms with van der Waals surface area (Å²) in [5.74, 6) is 3.60. The predicted octanol–water partition coefficient (Wildman–Crippen LogP) is 5.05. The summed E-state index contributed by atoms with van der Waals surface area (Å²) in [5, 5.41) is 10.1. The molecule has 0 aliphatic heterocycles. The molecule has 0 saturated heterocycles. The van der Waals surface area contributed by atoms with Crippen LogP contribution in [0.5, 0.6) is 5.75 Å². The smallest absolute Gasteiger partial charge is 0.126 e. The van der Waals surface area contributed by atoms with E-state index in [1.165, 1.54) is 57.1 Å². The SMILES string of the molecule is N#CC1(COc2cc(F)ccc2C2CC2)C2CC3CC(C2)CC1C3. The van der Waals surface area contributed by atoms with Crippen LogP contribution in [0.2, 0.25) is 0 Å². The molecule has 0 unspecified atom stereocenters. The average molecular weight is 325 g/mol. The summed E-state index contributed by atoms with van der Waals surface area (Å²) in [7, 11) is 0. The van der Waals surface area contributed by atoms with Crippen molar-refractivity contribution >= 4 is 0 Å². The first-order valence-corrected chi connectivity index (χ1v) is 9.51. The lowest BCUT2D eigenvalue weighted by Gasteiger charge is -2.58. The van der Waals surface area contributed by atoms with Crippen LogP contribution >= 0.6 is 0 Å². The number of nitriles is 1. The number of nitrogens with zero attached hydrogens (tertiary/aromatic N) is 1. The highest BCUT2D eigenvalue weighted by molar-refractivity contribution is 5.39. The van der Waals surface area contributed by atoms with Crippen molar-refractivity contribution < 1.29 is 9.13 Å². The number of hydrogen-bond acceptors (Lipinski definition) is 2. The van der Waals surface area contributed by atoms with Gasteiger partial charge in [0.25, 0.3) is 0 Å². The van der Waals surface area contributed by atoms with Gasteiger partial charge in [-0.3, -0.25) is 0 Å². The van der Waals surface area contributed by atoms with Gasteiger partial charge >= 0.3 is 0 Å². The van der Waals surface area contributed by atoms with E-state index in [2.05, 4.69) is 6.07 Å². The lowest BCUT2D eigenvalue weighted by molar-refractivity contribution is -0.0943. The Morgan fingerprint density at radius 1 is 1.08 bits per heavy atom. The Labute approximate surface area is 143 Å². The van der Waals surface area contributed by atoms with E-state index in [1.54, 1.807) is 0 Å². The summed E-state index contributed by atoms with van der Waals surface area (Å²) in [6, 6.07) is 7.62. The number of benzene rings is 1. The second-order valence-corrected chi connectivity index (χ2v) is 8.70. The van der Waals surface area contributed by atoms with E-state index in [0.29, 0.717) is 30.1 Å². The van der Waals surface area contributed by atoms with Gasteiger partial charge in [-0.15, -0.1) is 0 Å². The van der Waals surface area contributed by atoms with Crippen molar-refractivity contribution in [1.82, 2.24) is 0 Å². The molecule has 6 rings (SSSR count). The van der Waals surface area contributed by atoms with Crippen molar-refractivity contribution in [3.63, 3.8) is 0 Å². The van der Waals surface area contributed by atoms with Gasteiger partial charge in [0.1, 0.15) is 18.2 Å². The molecule has 126 valence electrons. The van der Waals surface area contributed by atoms with Crippen LogP contribution < -0.4 is 4.74 Å². The van der Waals surface area contributed by atoms with Gasteiger partial charge in [0.15, 0.2) is 0 Å². The third kappa shape index (κ3) is 2.19. The molecule has 0 radical (unpaired) electrons. The fourth-order valence-corrected chi connectivity index (χ4v) is 6.04. The predicted molar refractivity (Wildman–Crippen MR) is 89.0 cm³/mol. The van der Waals surface area contributed by atoms with E-state index >= 15 is 0 Å². The Kier molecular flexibility index (Phi) is 3.21. The first-order valence-electron chi connectivity index (χ1n) is 9.51. The van der Waals surface area contributed by atoms with Crippen LogP contribution in [0.1, 0.15) is 56.4 Å². The molecule has 5 aliphatic rings. The average Bonchev–Trinajstić information content (AvgIpc) is 3.39. The Hall–Kier alpha value is -1.56. The van der Waals surface area contributed by atoms with Crippen LogP contribution in [0.25, 0.3) is 0 Å². The first-order chi connectivity index (χ1) is 11.7. The molecule has 0 atom stereocenters. The van der Waals surface area contributed by atoms with E-state index < -0.39 is 0 Å². The standard InChI is InChI=1S/C21H24FNO/c22-18-3-4-19(15-1-2-15)20(10-18)24-12-21(11-23)16-6-13-5-14(8-16)9-17(21)7-13/h3-4,10,13-17H,1-2,5-9,12H2. The molecular weight excluding hydrogens is 301 g/mol. The largest absolute Gasteiger partial charge is 0.491 e. The summed E-state index contributed by atoms with van der Waals surface area (Å²) < 4.78 is 19.9. The number of ether oxygens (including phenoxy) is 1. The normalized spacial score (nSPS) is 39.7. The maximum absolute atomic E-state index is 13.7. The third-order valence-corrected chi connectivity index (χ3v) is 7.26.